The summed E-state index contributed by atoms with van der Waals surface area (Å²) in [5.74, 6) is 3.09. The third-order valence-electron chi connectivity index (χ3n) is 17.4. The van der Waals surface area contributed by atoms with Gasteiger partial charge in [0.15, 0.2) is 34.9 Å². The summed E-state index contributed by atoms with van der Waals surface area (Å²) >= 11 is 0. The molecule has 0 saturated heterocycles. The molecule has 13 aromatic carbocycles. The highest BCUT2D eigenvalue weighted by atomic mass is 15.1. The van der Waals surface area contributed by atoms with E-state index >= 15 is 0 Å². The van der Waals surface area contributed by atoms with Crippen molar-refractivity contribution in [1.29, 1.82) is 0 Å². The van der Waals surface area contributed by atoms with Crippen LogP contribution >= 0.6 is 0 Å². The normalized spacial score (nSPS) is 11.5. The molecule has 0 atom stereocenters. The van der Waals surface area contributed by atoms with E-state index in [0.717, 1.165) is 133 Å². The molecule has 4 heterocycles. The first-order valence-corrected chi connectivity index (χ1v) is 30.9. The van der Waals surface area contributed by atoms with Gasteiger partial charge in [-0.25, -0.2) is 29.9 Å². The fraction of sp³-hybridized carbons (Fsp3) is 0. The summed E-state index contributed by atoms with van der Waals surface area (Å²) in [6.07, 6.45) is 0. The summed E-state index contributed by atoms with van der Waals surface area (Å²) in [5.41, 5.74) is 18.9. The van der Waals surface area contributed by atoms with Crippen LogP contribution in [-0.2, 0) is 0 Å². The first kappa shape index (κ1) is 53.7. The Morgan fingerprint density at radius 1 is 0.163 bits per heavy atom. The van der Waals surface area contributed by atoms with Gasteiger partial charge < -0.3 is 9.13 Å². The summed E-state index contributed by atoms with van der Waals surface area (Å²) in [6, 6.07) is 115. The lowest BCUT2D eigenvalue weighted by Gasteiger charge is -2.28. The van der Waals surface area contributed by atoms with Gasteiger partial charge >= 0.3 is 0 Å². The third-order valence-corrected chi connectivity index (χ3v) is 17.4. The van der Waals surface area contributed by atoms with Crippen LogP contribution in [0.3, 0.4) is 0 Å². The Kier molecular flexibility index (Phi) is 13.4. The molecule has 430 valence electrons. The highest BCUT2D eigenvalue weighted by Crippen LogP contribution is 2.56. The van der Waals surface area contributed by atoms with Crippen molar-refractivity contribution in [3.05, 3.63) is 328 Å². The maximum Gasteiger partial charge on any atom is 0.165 e. The molecule has 0 unspecified atom stereocenters. The van der Waals surface area contributed by atoms with Gasteiger partial charge in [-0.1, -0.05) is 267 Å². The number of rotatable bonds is 12. The van der Waals surface area contributed by atoms with Gasteiger partial charge in [0, 0.05) is 83.0 Å². The minimum absolute atomic E-state index is 0.477. The van der Waals surface area contributed by atoms with E-state index in [0.29, 0.717) is 34.9 Å². The molecular weight excluding hydrogens is 1120 g/mol. The molecule has 17 aromatic rings. The molecule has 0 aliphatic heterocycles. The topological polar surface area (TPSA) is 87.2 Å². The van der Waals surface area contributed by atoms with Gasteiger partial charge in [0.05, 0.1) is 22.1 Å². The summed E-state index contributed by atoms with van der Waals surface area (Å²) in [6.45, 7) is 0. The number of hydrogen-bond acceptors (Lipinski definition) is 6. The number of para-hydroxylation sites is 4. The lowest BCUT2D eigenvalue weighted by Crippen LogP contribution is -2.08. The van der Waals surface area contributed by atoms with E-state index < -0.39 is 0 Å². The zero-order valence-corrected chi connectivity index (χ0v) is 49.8. The minimum atomic E-state index is 0.477. The predicted octanol–water partition coefficient (Wildman–Crippen LogP) is 20.9. The summed E-state index contributed by atoms with van der Waals surface area (Å²) in [5, 5.41) is 4.44. The van der Waals surface area contributed by atoms with Crippen molar-refractivity contribution in [1.82, 2.24) is 39.0 Å². The lowest BCUT2D eigenvalue weighted by molar-refractivity contribution is 1.07. The molecule has 8 nitrogen and oxygen atoms in total. The van der Waals surface area contributed by atoms with Crippen molar-refractivity contribution in [3.63, 3.8) is 0 Å². The molecule has 17 rings (SSSR count). The maximum absolute atomic E-state index is 5.75. The van der Waals surface area contributed by atoms with Gasteiger partial charge in [0.1, 0.15) is 0 Å². The van der Waals surface area contributed by atoms with Gasteiger partial charge in [0.25, 0.3) is 0 Å². The van der Waals surface area contributed by atoms with Gasteiger partial charge in [-0.05, 0) is 88.5 Å². The standard InChI is InChI=1S/C84H54N8/c1-9-29-55(30-10-1)73-75(61-49-51-71-67(53-61)65-45-25-27-47-69(65)91(71)63-41-21-7-22-42-63)77(83-87-79(57-33-13-3-14-34-57)85-80(88-83)58-35-15-4-16-36-58)74(56-31-11-2-12-32-56)78(84-89-81(59-37-17-5-18-38-59)86-82(90-84)60-39-19-6-20-40-60)76(73)62-50-52-72-68(54-62)66-46-26-28-48-70(66)92(72)64-43-23-8-24-44-64/h1-54H. The molecule has 0 saturated carbocycles. The molecule has 0 aliphatic carbocycles. The molecule has 0 spiro atoms. The lowest BCUT2D eigenvalue weighted by atomic mass is 9.76. The molecule has 92 heavy (non-hydrogen) atoms. The van der Waals surface area contributed by atoms with Crippen LogP contribution in [0.1, 0.15) is 0 Å². The van der Waals surface area contributed by atoms with E-state index in [-0.39, 0.29) is 0 Å². The summed E-state index contributed by atoms with van der Waals surface area (Å²) in [4.78, 5) is 33.7. The molecule has 0 N–H and O–H groups in total. The van der Waals surface area contributed by atoms with E-state index in [4.69, 9.17) is 29.9 Å². The Morgan fingerprint density at radius 3 is 0.728 bits per heavy atom. The molecule has 4 aromatic heterocycles. The van der Waals surface area contributed by atoms with Gasteiger partial charge in [-0.3, -0.25) is 0 Å². The number of nitrogens with zero attached hydrogens (tertiary/aromatic N) is 8. The Hall–Kier alpha value is -12.5. The zero-order chi connectivity index (χ0) is 60.9. The van der Waals surface area contributed by atoms with Crippen molar-refractivity contribution in [2.24, 2.45) is 0 Å². The minimum Gasteiger partial charge on any atom is -0.309 e. The second-order valence-electron chi connectivity index (χ2n) is 22.9. The molecule has 0 radical (unpaired) electrons. The van der Waals surface area contributed by atoms with E-state index in [1.165, 1.54) is 0 Å². The molecule has 0 aliphatic rings. The number of hydrogen-bond donors (Lipinski definition) is 0. The van der Waals surface area contributed by atoms with Gasteiger partial charge in [0.2, 0.25) is 0 Å². The van der Waals surface area contributed by atoms with Crippen molar-refractivity contribution < 1.29 is 0 Å². The van der Waals surface area contributed by atoms with Crippen LogP contribution in [0.5, 0.6) is 0 Å². The van der Waals surface area contributed by atoms with Gasteiger partial charge in [-0.15, -0.1) is 0 Å². The molecular formula is C84H54N8. The number of benzene rings is 13. The summed E-state index contributed by atoms with van der Waals surface area (Å²) in [7, 11) is 0. The zero-order valence-electron chi connectivity index (χ0n) is 49.8. The van der Waals surface area contributed by atoms with Gasteiger partial charge in [-0.2, -0.15) is 0 Å². The first-order valence-electron chi connectivity index (χ1n) is 30.9. The van der Waals surface area contributed by atoms with Crippen LogP contribution in [0, 0.1) is 0 Å². The smallest absolute Gasteiger partial charge is 0.165 e. The quantitative estimate of drug-likeness (QED) is 0.121. The van der Waals surface area contributed by atoms with Crippen molar-refractivity contribution >= 4 is 43.6 Å². The Morgan fingerprint density at radius 2 is 0.402 bits per heavy atom. The Bertz CT molecular complexity index is 5160. The Labute approximate surface area is 531 Å². The molecule has 0 fully saturated rings. The summed E-state index contributed by atoms with van der Waals surface area (Å²) < 4.78 is 4.75. The molecule has 0 bridgehead atoms. The highest BCUT2D eigenvalue weighted by Gasteiger charge is 2.34. The van der Waals surface area contributed by atoms with Crippen molar-refractivity contribution in [3.8, 4) is 124 Å². The van der Waals surface area contributed by atoms with E-state index in [1.54, 1.807) is 0 Å². The average Bonchev–Trinajstić information content (AvgIpc) is 0.955. The van der Waals surface area contributed by atoms with Crippen LogP contribution in [0.25, 0.3) is 168 Å². The van der Waals surface area contributed by atoms with E-state index in [1.807, 2.05) is 72.8 Å². The largest absolute Gasteiger partial charge is 0.309 e. The third kappa shape index (κ3) is 9.41. The Balaban J connectivity index is 1.12. The molecule has 0 amide bonds. The second kappa shape index (κ2) is 22.9. The predicted molar refractivity (Wildman–Crippen MR) is 376 cm³/mol. The SMILES string of the molecule is c1ccc(-c2nc(-c3ccccc3)nc(-c3c(-c4ccc5c(c4)c4ccccc4n5-c4ccccc4)c(-c4ccccc4)c(-c4ccc5c(c4)c4ccccc4n5-c4ccccc4)c(-c4nc(-c5ccccc5)nc(-c5ccccc5)n4)c3-c3ccccc3)n2)cc1. The van der Waals surface area contributed by atoms with Crippen LogP contribution < -0.4 is 0 Å². The second-order valence-corrected chi connectivity index (χ2v) is 22.9. The van der Waals surface area contributed by atoms with Crippen LogP contribution in [0.4, 0.5) is 0 Å². The van der Waals surface area contributed by atoms with Crippen LogP contribution in [0.2, 0.25) is 0 Å². The average molecular weight is 1180 g/mol. The number of aromatic nitrogens is 8. The van der Waals surface area contributed by atoms with E-state index in [9.17, 15) is 0 Å². The van der Waals surface area contributed by atoms with Crippen molar-refractivity contribution in [2.45, 2.75) is 0 Å². The number of fused-ring (bicyclic) bond motifs is 6. The van der Waals surface area contributed by atoms with Crippen LogP contribution in [0.15, 0.2) is 328 Å². The highest BCUT2D eigenvalue weighted by molar-refractivity contribution is 6.18. The van der Waals surface area contributed by atoms with E-state index in [2.05, 4.69) is 264 Å². The van der Waals surface area contributed by atoms with Crippen molar-refractivity contribution in [2.75, 3.05) is 0 Å². The fourth-order valence-corrected chi connectivity index (χ4v) is 13.4. The molecule has 8 heteroatoms. The maximum atomic E-state index is 5.75. The first-order chi connectivity index (χ1) is 45.7. The monoisotopic (exact) mass is 1170 g/mol. The van der Waals surface area contributed by atoms with Crippen LogP contribution in [-0.4, -0.2) is 39.0 Å². The fourth-order valence-electron chi connectivity index (χ4n) is 13.4.